The Kier molecular flexibility index (Phi) is 7.68. The van der Waals surface area contributed by atoms with E-state index in [1.165, 1.54) is 39.3 Å². The number of likely N-dealkylation sites (tertiary alicyclic amines) is 1. The van der Waals surface area contributed by atoms with Crippen molar-refractivity contribution < 1.29 is 14.3 Å². The molecule has 0 spiro atoms. The number of rotatable bonds is 9. The zero-order valence-electron chi connectivity index (χ0n) is 16.6. The first-order chi connectivity index (χ1) is 13.7. The number of allylic oxidation sites excluding steroid dienone is 1. The molecule has 1 aliphatic rings. The minimum atomic E-state index is -0.122. The third-order valence-electron chi connectivity index (χ3n) is 4.84. The minimum absolute atomic E-state index is 0.122. The van der Waals surface area contributed by atoms with E-state index in [4.69, 9.17) is 9.47 Å². The molecule has 28 heavy (non-hydrogen) atoms. The molecule has 0 atom stereocenters. The Morgan fingerprint density at radius 1 is 0.964 bits per heavy atom. The van der Waals surface area contributed by atoms with Crippen LogP contribution in [0.5, 0.6) is 11.5 Å². The molecule has 3 rings (SSSR count). The van der Waals surface area contributed by atoms with Gasteiger partial charge in [0.05, 0.1) is 6.61 Å². The number of benzene rings is 2. The van der Waals surface area contributed by atoms with Gasteiger partial charge in [-0.2, -0.15) is 0 Å². The number of ether oxygens (including phenoxy) is 2. The summed E-state index contributed by atoms with van der Waals surface area (Å²) < 4.78 is 11.9. The van der Waals surface area contributed by atoms with Crippen molar-refractivity contribution in [2.24, 2.45) is 0 Å². The van der Waals surface area contributed by atoms with Gasteiger partial charge in [-0.1, -0.05) is 48.9 Å². The van der Waals surface area contributed by atoms with E-state index in [0.29, 0.717) is 23.9 Å². The molecule has 0 amide bonds. The average molecular weight is 380 g/mol. The predicted octanol–water partition coefficient (Wildman–Crippen LogP) is 4.95. The van der Waals surface area contributed by atoms with Gasteiger partial charge in [0, 0.05) is 13.5 Å². The highest BCUT2D eigenvalue weighted by Crippen LogP contribution is 2.29. The highest BCUT2D eigenvalue weighted by atomic mass is 16.5. The van der Waals surface area contributed by atoms with Crippen LogP contribution in [-0.2, 0) is 4.79 Å². The fourth-order valence-electron chi connectivity index (χ4n) is 3.33. The van der Waals surface area contributed by atoms with Crippen LogP contribution in [0.2, 0.25) is 0 Å². The van der Waals surface area contributed by atoms with E-state index in [0.717, 1.165) is 18.5 Å². The van der Waals surface area contributed by atoms with Crippen molar-refractivity contribution in [3.8, 4) is 11.5 Å². The van der Waals surface area contributed by atoms with Crippen LogP contribution in [0.25, 0.3) is 6.08 Å². The molecular formula is C24H29NO3. The summed E-state index contributed by atoms with van der Waals surface area (Å²) in [5.74, 6) is 1.42. The number of piperidine rings is 1. The van der Waals surface area contributed by atoms with E-state index < -0.39 is 0 Å². The Morgan fingerprint density at radius 2 is 1.64 bits per heavy atom. The number of Topliss-reactive ketones (excluding diaryl/α,β-unsaturated/α-hetero) is 1. The Labute approximate surface area is 167 Å². The molecular weight excluding hydrogens is 350 g/mol. The SMILES string of the molecule is CC(=O)C(=Cc1ccccc1)Oc1ccccc1OCCCN1CCCCC1. The second-order valence-electron chi connectivity index (χ2n) is 7.13. The van der Waals surface area contributed by atoms with Gasteiger partial charge in [-0.15, -0.1) is 0 Å². The second kappa shape index (κ2) is 10.7. The third kappa shape index (κ3) is 6.24. The molecule has 0 aliphatic carbocycles. The van der Waals surface area contributed by atoms with Gasteiger partial charge < -0.3 is 14.4 Å². The molecule has 4 heteroatoms. The van der Waals surface area contributed by atoms with Gasteiger partial charge in [0.15, 0.2) is 23.0 Å². The molecule has 1 fully saturated rings. The monoisotopic (exact) mass is 379 g/mol. The minimum Gasteiger partial charge on any atom is -0.490 e. The van der Waals surface area contributed by atoms with Crippen LogP contribution in [0.15, 0.2) is 60.4 Å². The van der Waals surface area contributed by atoms with Crippen molar-refractivity contribution in [2.45, 2.75) is 32.6 Å². The standard InChI is InChI=1S/C24H29NO3/c1-20(26)24(19-21-11-4-2-5-12-21)28-23-14-7-6-13-22(23)27-18-10-17-25-15-8-3-9-16-25/h2,4-7,11-14,19H,3,8-10,15-18H2,1H3. The number of ketones is 1. The topological polar surface area (TPSA) is 38.8 Å². The van der Waals surface area contributed by atoms with Gasteiger partial charge in [-0.05, 0) is 56.1 Å². The summed E-state index contributed by atoms with van der Waals surface area (Å²) in [5, 5.41) is 0. The van der Waals surface area contributed by atoms with Crippen LogP contribution in [0.1, 0.15) is 38.2 Å². The summed E-state index contributed by atoms with van der Waals surface area (Å²) in [6.45, 7) is 5.61. The van der Waals surface area contributed by atoms with Crippen molar-refractivity contribution in [3.05, 3.63) is 65.9 Å². The molecule has 0 bridgehead atoms. The van der Waals surface area contributed by atoms with Crippen molar-refractivity contribution in [2.75, 3.05) is 26.2 Å². The number of carbonyl (C=O) groups is 1. The number of nitrogens with zero attached hydrogens (tertiary/aromatic N) is 1. The average Bonchev–Trinajstić information content (AvgIpc) is 2.73. The molecule has 2 aromatic carbocycles. The van der Waals surface area contributed by atoms with Crippen LogP contribution in [0.4, 0.5) is 0 Å². The van der Waals surface area contributed by atoms with Crippen molar-refractivity contribution in [1.82, 2.24) is 4.90 Å². The van der Waals surface area contributed by atoms with Gasteiger partial charge >= 0.3 is 0 Å². The van der Waals surface area contributed by atoms with E-state index in [9.17, 15) is 4.79 Å². The van der Waals surface area contributed by atoms with Gasteiger partial charge in [0.25, 0.3) is 0 Å². The maximum atomic E-state index is 12.1. The Bertz CT molecular complexity index is 779. The van der Waals surface area contributed by atoms with E-state index >= 15 is 0 Å². The van der Waals surface area contributed by atoms with E-state index in [2.05, 4.69) is 4.90 Å². The lowest BCUT2D eigenvalue weighted by molar-refractivity contribution is -0.115. The molecule has 0 unspecified atom stereocenters. The lowest BCUT2D eigenvalue weighted by Crippen LogP contribution is -2.31. The number of hydrogen-bond acceptors (Lipinski definition) is 4. The lowest BCUT2D eigenvalue weighted by atomic mass is 10.1. The van der Waals surface area contributed by atoms with Crippen molar-refractivity contribution >= 4 is 11.9 Å². The second-order valence-corrected chi connectivity index (χ2v) is 7.13. The van der Waals surface area contributed by atoms with Crippen molar-refractivity contribution in [3.63, 3.8) is 0 Å². The van der Waals surface area contributed by atoms with Crippen molar-refractivity contribution in [1.29, 1.82) is 0 Å². The van der Waals surface area contributed by atoms with Gasteiger partial charge in [-0.25, -0.2) is 0 Å². The molecule has 2 aromatic rings. The van der Waals surface area contributed by atoms with Crippen LogP contribution >= 0.6 is 0 Å². The maximum absolute atomic E-state index is 12.1. The Balaban J connectivity index is 1.60. The Morgan fingerprint density at radius 3 is 2.36 bits per heavy atom. The van der Waals surface area contributed by atoms with Gasteiger partial charge in [0.2, 0.25) is 0 Å². The highest BCUT2D eigenvalue weighted by molar-refractivity contribution is 5.96. The van der Waals surface area contributed by atoms with Gasteiger partial charge in [-0.3, -0.25) is 4.79 Å². The highest BCUT2D eigenvalue weighted by Gasteiger charge is 2.12. The summed E-state index contributed by atoms with van der Waals surface area (Å²) in [7, 11) is 0. The number of hydrogen-bond donors (Lipinski definition) is 0. The summed E-state index contributed by atoms with van der Waals surface area (Å²) >= 11 is 0. The molecule has 1 aliphatic heterocycles. The normalized spacial score (nSPS) is 15.2. The van der Waals surface area contributed by atoms with E-state index in [-0.39, 0.29) is 5.78 Å². The summed E-state index contributed by atoms with van der Waals surface area (Å²) in [6, 6.07) is 17.2. The van der Waals surface area contributed by atoms with E-state index in [1.807, 2.05) is 54.6 Å². The first-order valence-electron chi connectivity index (χ1n) is 10.1. The molecule has 148 valence electrons. The quantitative estimate of drug-likeness (QED) is 0.351. The van der Waals surface area contributed by atoms with E-state index in [1.54, 1.807) is 6.08 Å². The largest absolute Gasteiger partial charge is 0.490 e. The van der Waals surface area contributed by atoms with Crippen LogP contribution in [-0.4, -0.2) is 36.9 Å². The summed E-state index contributed by atoms with van der Waals surface area (Å²) in [4.78, 5) is 14.6. The fourth-order valence-corrected chi connectivity index (χ4v) is 3.33. The third-order valence-corrected chi connectivity index (χ3v) is 4.84. The van der Waals surface area contributed by atoms with Gasteiger partial charge in [0.1, 0.15) is 0 Å². The summed E-state index contributed by atoms with van der Waals surface area (Å²) in [5.41, 5.74) is 0.924. The smallest absolute Gasteiger partial charge is 0.194 e. The molecule has 4 nitrogen and oxygen atoms in total. The zero-order valence-corrected chi connectivity index (χ0v) is 16.6. The first kappa shape index (κ1) is 20.2. The first-order valence-corrected chi connectivity index (χ1v) is 10.1. The fraction of sp³-hybridized carbons (Fsp3) is 0.375. The van der Waals surface area contributed by atoms with Crippen LogP contribution < -0.4 is 9.47 Å². The molecule has 0 N–H and O–H groups in total. The summed E-state index contributed by atoms with van der Waals surface area (Å²) in [6.07, 6.45) is 6.70. The maximum Gasteiger partial charge on any atom is 0.194 e. The lowest BCUT2D eigenvalue weighted by Gasteiger charge is -2.26. The van der Waals surface area contributed by atoms with Crippen LogP contribution in [0.3, 0.4) is 0 Å². The molecule has 0 aromatic heterocycles. The number of para-hydroxylation sites is 2. The zero-order chi connectivity index (χ0) is 19.6. The molecule has 0 saturated carbocycles. The molecule has 1 saturated heterocycles. The predicted molar refractivity (Wildman–Crippen MR) is 113 cm³/mol. The molecule has 0 radical (unpaired) electrons. The molecule has 1 heterocycles. The Hall–Kier alpha value is -2.59. The van der Waals surface area contributed by atoms with Crippen LogP contribution in [0, 0.1) is 0 Å². The number of carbonyl (C=O) groups excluding carboxylic acids is 1.